The van der Waals surface area contributed by atoms with Gasteiger partial charge in [0.15, 0.2) is 0 Å². The van der Waals surface area contributed by atoms with E-state index in [0.29, 0.717) is 40.0 Å². The largest absolute Gasteiger partial charge is 0.353 e. The van der Waals surface area contributed by atoms with Gasteiger partial charge < -0.3 is 10.3 Å². The van der Waals surface area contributed by atoms with Crippen molar-refractivity contribution in [2.75, 3.05) is 5.32 Å². The van der Waals surface area contributed by atoms with E-state index in [9.17, 15) is 4.79 Å². The van der Waals surface area contributed by atoms with Gasteiger partial charge in [-0.1, -0.05) is 59.1 Å². The van der Waals surface area contributed by atoms with Crippen LogP contribution in [0.4, 0.5) is 5.69 Å². The number of halogens is 3. The summed E-state index contributed by atoms with van der Waals surface area (Å²) in [4.78, 5) is 20.9. The normalized spacial score (nSPS) is 11.3. The Morgan fingerprint density at radius 2 is 1.71 bits per heavy atom. The topological polar surface area (TPSA) is 57.8 Å². The fourth-order valence-corrected chi connectivity index (χ4v) is 4.64. The number of hydrogen-bond donors (Lipinski definition) is 2. The van der Waals surface area contributed by atoms with Gasteiger partial charge in [0.05, 0.1) is 27.6 Å². The Labute approximate surface area is 211 Å². The molecule has 5 aromatic rings. The highest BCUT2D eigenvalue weighted by Crippen LogP contribution is 2.33. The number of aryl methyl sites for hydroxylation is 1. The summed E-state index contributed by atoms with van der Waals surface area (Å²) in [7, 11) is 0. The number of rotatable bonds is 6. The molecule has 3 aromatic carbocycles. The molecule has 0 radical (unpaired) electrons. The van der Waals surface area contributed by atoms with E-state index in [1.807, 2.05) is 48.5 Å². The third kappa shape index (κ3) is 4.76. The lowest BCUT2D eigenvalue weighted by Crippen LogP contribution is -2.12. The van der Waals surface area contributed by atoms with E-state index < -0.39 is 0 Å². The van der Waals surface area contributed by atoms with E-state index in [-0.39, 0.29) is 5.91 Å². The molecular weight excluding hydrogens is 489 g/mol. The van der Waals surface area contributed by atoms with Crippen molar-refractivity contribution >= 4 is 68.2 Å². The first-order valence-electron chi connectivity index (χ1n) is 10.9. The van der Waals surface area contributed by atoms with E-state index >= 15 is 0 Å². The number of nitrogens with one attached hydrogen (secondary N) is 2. The predicted octanol–water partition coefficient (Wildman–Crippen LogP) is 8.30. The molecule has 0 saturated carbocycles. The molecule has 0 saturated heterocycles. The lowest BCUT2D eigenvalue weighted by atomic mass is 10.0. The lowest BCUT2D eigenvalue weighted by Gasteiger charge is -2.09. The first kappa shape index (κ1) is 22.7. The molecule has 0 unspecified atom stereocenters. The van der Waals surface area contributed by atoms with E-state index in [1.165, 1.54) is 0 Å². The van der Waals surface area contributed by atoms with Crippen LogP contribution in [0.15, 0.2) is 72.8 Å². The second-order valence-electron chi connectivity index (χ2n) is 8.08. The minimum atomic E-state index is -0.118. The smallest absolute Gasteiger partial charge is 0.224 e. The van der Waals surface area contributed by atoms with Crippen LogP contribution in [0.3, 0.4) is 0 Å². The summed E-state index contributed by atoms with van der Waals surface area (Å²) in [6.07, 6.45) is 1.66. The number of benzene rings is 3. The minimum Gasteiger partial charge on any atom is -0.353 e. The van der Waals surface area contributed by atoms with Crippen LogP contribution in [0.5, 0.6) is 0 Å². The van der Waals surface area contributed by atoms with Crippen molar-refractivity contribution < 1.29 is 4.79 Å². The van der Waals surface area contributed by atoms with Gasteiger partial charge in [-0.25, -0.2) is 4.98 Å². The second-order valence-corrected chi connectivity index (χ2v) is 9.36. The van der Waals surface area contributed by atoms with E-state index in [4.69, 9.17) is 39.8 Å². The van der Waals surface area contributed by atoms with Gasteiger partial charge in [0.1, 0.15) is 0 Å². The Hall–Kier alpha value is -3.05. The third-order valence-corrected chi connectivity index (χ3v) is 6.56. The van der Waals surface area contributed by atoms with Crippen molar-refractivity contribution in [3.05, 3.63) is 93.4 Å². The SMILES string of the molecule is O=C(CCCc1c(-c2ccc3ccccc3n2)[nH]c2ccc(Cl)cc12)Nc1cc(Cl)ccc1Cl. The number of H-pyrrole nitrogens is 1. The van der Waals surface area contributed by atoms with Gasteiger partial charge in [-0.05, 0) is 66.9 Å². The van der Waals surface area contributed by atoms with E-state index in [2.05, 4.69) is 16.4 Å². The molecule has 0 atom stereocenters. The van der Waals surface area contributed by atoms with Crippen molar-refractivity contribution in [2.24, 2.45) is 0 Å². The lowest BCUT2D eigenvalue weighted by molar-refractivity contribution is -0.116. The molecule has 0 aliphatic heterocycles. The van der Waals surface area contributed by atoms with Gasteiger partial charge in [-0.15, -0.1) is 0 Å². The molecule has 0 aliphatic carbocycles. The number of pyridine rings is 1. The van der Waals surface area contributed by atoms with Crippen LogP contribution < -0.4 is 5.32 Å². The van der Waals surface area contributed by atoms with Crippen LogP contribution in [0.1, 0.15) is 18.4 Å². The molecule has 2 N–H and O–H groups in total. The molecule has 7 heteroatoms. The number of carbonyl (C=O) groups is 1. The monoisotopic (exact) mass is 507 g/mol. The average molecular weight is 509 g/mol. The first-order valence-corrected chi connectivity index (χ1v) is 12.0. The van der Waals surface area contributed by atoms with Crippen molar-refractivity contribution in [1.82, 2.24) is 9.97 Å². The van der Waals surface area contributed by atoms with Gasteiger partial charge in [-0.3, -0.25) is 4.79 Å². The van der Waals surface area contributed by atoms with E-state index in [0.717, 1.165) is 38.8 Å². The highest BCUT2D eigenvalue weighted by molar-refractivity contribution is 6.35. The maximum atomic E-state index is 12.6. The van der Waals surface area contributed by atoms with Crippen molar-refractivity contribution in [3.8, 4) is 11.4 Å². The molecule has 0 bridgehead atoms. The van der Waals surface area contributed by atoms with Crippen LogP contribution in [-0.2, 0) is 11.2 Å². The van der Waals surface area contributed by atoms with Gasteiger partial charge in [-0.2, -0.15) is 0 Å². The molecule has 2 aromatic heterocycles. The molecule has 4 nitrogen and oxygen atoms in total. The summed E-state index contributed by atoms with van der Waals surface area (Å²) in [6.45, 7) is 0. The van der Waals surface area contributed by atoms with Gasteiger partial charge in [0.2, 0.25) is 5.91 Å². The molecular formula is C27H20Cl3N3O. The third-order valence-electron chi connectivity index (χ3n) is 5.76. The Kier molecular flexibility index (Phi) is 6.46. The average Bonchev–Trinajstić information content (AvgIpc) is 3.19. The summed E-state index contributed by atoms with van der Waals surface area (Å²) >= 11 is 18.5. The zero-order chi connectivity index (χ0) is 23.7. The number of amides is 1. The van der Waals surface area contributed by atoms with Gasteiger partial charge in [0, 0.05) is 32.8 Å². The Morgan fingerprint density at radius 1 is 0.912 bits per heavy atom. The van der Waals surface area contributed by atoms with Crippen LogP contribution in [0.2, 0.25) is 15.1 Å². The van der Waals surface area contributed by atoms with Crippen molar-refractivity contribution in [1.29, 1.82) is 0 Å². The second kappa shape index (κ2) is 9.67. The van der Waals surface area contributed by atoms with Gasteiger partial charge in [0.25, 0.3) is 0 Å². The van der Waals surface area contributed by atoms with Crippen LogP contribution in [0, 0.1) is 0 Å². The number of fused-ring (bicyclic) bond motifs is 2. The molecule has 2 heterocycles. The number of anilines is 1. The molecule has 0 spiro atoms. The van der Waals surface area contributed by atoms with Crippen molar-refractivity contribution in [2.45, 2.75) is 19.3 Å². The molecule has 1 amide bonds. The number of carbonyl (C=O) groups excluding carboxylic acids is 1. The van der Waals surface area contributed by atoms with E-state index in [1.54, 1.807) is 18.2 Å². The van der Waals surface area contributed by atoms with Gasteiger partial charge >= 0.3 is 0 Å². The van der Waals surface area contributed by atoms with Crippen molar-refractivity contribution in [3.63, 3.8) is 0 Å². The summed E-state index contributed by atoms with van der Waals surface area (Å²) in [6, 6.07) is 22.9. The highest BCUT2D eigenvalue weighted by Gasteiger charge is 2.16. The summed E-state index contributed by atoms with van der Waals surface area (Å²) < 4.78 is 0. The van der Waals surface area contributed by atoms with Crippen LogP contribution >= 0.6 is 34.8 Å². The maximum absolute atomic E-state index is 12.6. The molecule has 0 fully saturated rings. The Morgan fingerprint density at radius 3 is 2.59 bits per heavy atom. The number of para-hydroxylation sites is 1. The Balaban J connectivity index is 1.41. The summed E-state index contributed by atoms with van der Waals surface area (Å²) in [5.74, 6) is -0.118. The molecule has 34 heavy (non-hydrogen) atoms. The maximum Gasteiger partial charge on any atom is 0.224 e. The van der Waals surface area contributed by atoms with Crippen LogP contribution in [-0.4, -0.2) is 15.9 Å². The standard InChI is InChI=1S/C27H20Cl3N3O/c28-17-10-13-23-20(14-17)19(5-3-7-26(34)32-25-15-18(29)9-11-21(25)30)27(33-23)24-12-8-16-4-1-2-6-22(16)31-24/h1-2,4,6,8-15,33H,3,5,7H2,(H,32,34). The highest BCUT2D eigenvalue weighted by atomic mass is 35.5. The quantitative estimate of drug-likeness (QED) is 0.242. The summed E-state index contributed by atoms with van der Waals surface area (Å²) in [5, 5.41) is 6.61. The number of aromatic amines is 1. The molecule has 170 valence electrons. The zero-order valence-electron chi connectivity index (χ0n) is 18.0. The number of aromatic nitrogens is 2. The fraction of sp³-hybridized carbons (Fsp3) is 0.111. The predicted molar refractivity (Wildman–Crippen MR) is 142 cm³/mol. The first-order chi connectivity index (χ1) is 16.5. The molecule has 5 rings (SSSR count). The fourth-order valence-electron chi connectivity index (χ4n) is 4.14. The number of nitrogens with zero attached hydrogens (tertiary/aromatic N) is 1. The molecule has 0 aliphatic rings. The Bertz CT molecular complexity index is 1530. The van der Waals surface area contributed by atoms with Crippen LogP contribution in [0.25, 0.3) is 33.2 Å². The zero-order valence-corrected chi connectivity index (χ0v) is 20.3. The minimum absolute atomic E-state index is 0.118. The number of hydrogen-bond acceptors (Lipinski definition) is 2. The summed E-state index contributed by atoms with van der Waals surface area (Å²) in [5.41, 5.74) is 5.32.